The molecule has 132 valence electrons. The Morgan fingerprint density at radius 2 is 1.92 bits per heavy atom. The highest BCUT2D eigenvalue weighted by atomic mass is 127. The van der Waals surface area contributed by atoms with E-state index in [-0.39, 0.29) is 5.69 Å². The number of benzene rings is 1. The molecule has 0 aliphatic rings. The number of halogens is 3. The Bertz CT molecular complexity index is 1050. The Hall–Kier alpha value is -2.02. The monoisotopic (exact) mass is 479 g/mol. The van der Waals surface area contributed by atoms with Crippen LogP contribution in [-0.2, 0) is 17.1 Å². The number of aromatic nitrogens is 3. The van der Waals surface area contributed by atoms with Gasteiger partial charge in [-0.15, -0.1) is 0 Å². The zero-order chi connectivity index (χ0) is 18.4. The molecule has 3 N–H and O–H groups in total. The molecule has 0 bridgehead atoms. The van der Waals surface area contributed by atoms with Crippen LogP contribution in [-0.4, -0.2) is 28.9 Å². The van der Waals surface area contributed by atoms with Gasteiger partial charge in [-0.3, -0.25) is 9.40 Å². The molecule has 0 aliphatic carbocycles. The van der Waals surface area contributed by atoms with Crippen molar-refractivity contribution in [3.63, 3.8) is 0 Å². The lowest BCUT2D eigenvalue weighted by Crippen LogP contribution is -2.20. The van der Waals surface area contributed by atoms with Crippen molar-refractivity contribution in [2.45, 2.75) is 5.76 Å². The second-order valence-corrected chi connectivity index (χ2v) is 7.98. The standard InChI is InChI=1S/C14H12F2IN5O2S/c1-22-12-9(17)6-19-13(18)10(12)11(20-22)7-2-4-8(5-3-7)21-25(23,24)14(15)16/h2-6,14,21H,1H3,(H2,18,19). The molecule has 3 aromatic rings. The molecule has 3 rings (SSSR count). The summed E-state index contributed by atoms with van der Waals surface area (Å²) in [6.07, 6.45) is 1.64. The molecule has 1 aromatic carbocycles. The molecule has 0 unspecified atom stereocenters. The Kier molecular flexibility index (Phi) is 4.53. The zero-order valence-electron chi connectivity index (χ0n) is 12.7. The first-order valence-corrected chi connectivity index (χ1v) is 9.50. The van der Waals surface area contributed by atoms with E-state index in [9.17, 15) is 17.2 Å². The Morgan fingerprint density at radius 1 is 1.28 bits per heavy atom. The van der Waals surface area contributed by atoms with E-state index in [1.165, 1.54) is 12.1 Å². The van der Waals surface area contributed by atoms with Crippen LogP contribution in [0, 0.1) is 3.57 Å². The van der Waals surface area contributed by atoms with Crippen molar-refractivity contribution in [3.05, 3.63) is 34.0 Å². The van der Waals surface area contributed by atoms with Gasteiger partial charge in [-0.1, -0.05) is 12.1 Å². The number of pyridine rings is 1. The van der Waals surface area contributed by atoms with Crippen molar-refractivity contribution in [2.24, 2.45) is 7.05 Å². The number of anilines is 2. The topological polar surface area (TPSA) is 103 Å². The number of aryl methyl sites for hydroxylation is 1. The van der Waals surface area contributed by atoms with Gasteiger partial charge in [-0.25, -0.2) is 13.4 Å². The summed E-state index contributed by atoms with van der Waals surface area (Å²) in [5.74, 6) is -3.18. The molecule has 25 heavy (non-hydrogen) atoms. The molecule has 2 aromatic heterocycles. The number of hydrogen-bond acceptors (Lipinski definition) is 5. The van der Waals surface area contributed by atoms with Gasteiger partial charge in [0.2, 0.25) is 0 Å². The van der Waals surface area contributed by atoms with E-state index in [0.717, 1.165) is 9.09 Å². The molecule has 2 heterocycles. The van der Waals surface area contributed by atoms with Crippen LogP contribution in [0.25, 0.3) is 22.2 Å². The highest BCUT2D eigenvalue weighted by Crippen LogP contribution is 2.33. The fraction of sp³-hybridized carbons (Fsp3) is 0.143. The van der Waals surface area contributed by atoms with E-state index in [2.05, 4.69) is 32.7 Å². The van der Waals surface area contributed by atoms with Gasteiger partial charge in [-0.2, -0.15) is 13.9 Å². The van der Waals surface area contributed by atoms with E-state index in [1.807, 2.05) is 4.72 Å². The van der Waals surface area contributed by atoms with Crippen LogP contribution in [0.15, 0.2) is 30.5 Å². The molecule has 0 saturated heterocycles. The minimum atomic E-state index is -4.71. The maximum Gasteiger partial charge on any atom is 0.355 e. The first-order chi connectivity index (χ1) is 11.7. The molecule has 11 heteroatoms. The molecule has 0 amide bonds. The molecule has 0 radical (unpaired) electrons. The summed E-state index contributed by atoms with van der Waals surface area (Å²) in [6, 6.07) is 5.91. The van der Waals surface area contributed by atoms with Gasteiger partial charge in [0.25, 0.3) is 10.0 Å². The number of nitrogen functional groups attached to an aromatic ring is 1. The number of nitrogens with zero attached hydrogens (tertiary/aromatic N) is 3. The first kappa shape index (κ1) is 17.8. The molecular formula is C14H12F2IN5O2S. The molecule has 0 aliphatic heterocycles. The third-order valence-corrected chi connectivity index (χ3v) is 5.28. The van der Waals surface area contributed by atoms with Crippen LogP contribution in [0.4, 0.5) is 20.3 Å². The average molecular weight is 479 g/mol. The number of sulfonamides is 1. The number of rotatable bonds is 4. The van der Waals surface area contributed by atoms with Crippen LogP contribution in [0.1, 0.15) is 0 Å². The summed E-state index contributed by atoms with van der Waals surface area (Å²) in [5, 5.41) is 5.12. The quantitative estimate of drug-likeness (QED) is 0.561. The zero-order valence-corrected chi connectivity index (χ0v) is 15.7. The molecular weight excluding hydrogens is 467 g/mol. The van der Waals surface area contributed by atoms with E-state index in [0.29, 0.717) is 22.5 Å². The summed E-state index contributed by atoms with van der Waals surface area (Å²) >= 11 is 2.13. The van der Waals surface area contributed by atoms with Crippen LogP contribution in [0.2, 0.25) is 0 Å². The highest BCUT2D eigenvalue weighted by molar-refractivity contribution is 14.1. The largest absolute Gasteiger partial charge is 0.383 e. The fourth-order valence-electron chi connectivity index (χ4n) is 2.40. The number of alkyl halides is 2. The lowest BCUT2D eigenvalue weighted by atomic mass is 10.1. The minimum absolute atomic E-state index is 0.0324. The summed E-state index contributed by atoms with van der Waals surface area (Å²) in [5.41, 5.74) is 8.06. The molecule has 7 nitrogen and oxygen atoms in total. The van der Waals surface area contributed by atoms with E-state index in [1.54, 1.807) is 30.1 Å². The van der Waals surface area contributed by atoms with E-state index >= 15 is 0 Å². The summed E-state index contributed by atoms with van der Waals surface area (Å²) in [6.45, 7) is 0. The predicted molar refractivity (Wildman–Crippen MR) is 99.6 cm³/mol. The van der Waals surface area contributed by atoms with Crippen molar-refractivity contribution >= 4 is 55.0 Å². The normalized spacial score (nSPS) is 12.0. The Balaban J connectivity index is 2.05. The lowest BCUT2D eigenvalue weighted by molar-refractivity contribution is 0.236. The van der Waals surface area contributed by atoms with Gasteiger partial charge >= 0.3 is 5.76 Å². The van der Waals surface area contributed by atoms with Crippen molar-refractivity contribution in [2.75, 3.05) is 10.5 Å². The second-order valence-electron chi connectivity index (χ2n) is 5.17. The average Bonchev–Trinajstić information content (AvgIpc) is 2.90. The summed E-state index contributed by atoms with van der Waals surface area (Å²) in [7, 11) is -2.93. The highest BCUT2D eigenvalue weighted by Gasteiger charge is 2.23. The molecule has 0 saturated carbocycles. The number of nitrogens with two attached hydrogens (primary N) is 1. The maximum atomic E-state index is 12.4. The van der Waals surface area contributed by atoms with Gasteiger partial charge in [0.05, 0.1) is 14.5 Å². The SMILES string of the molecule is Cn1nc(-c2ccc(NS(=O)(=O)C(F)F)cc2)c2c(N)ncc(I)c21. The van der Waals surface area contributed by atoms with Crippen LogP contribution in [0.3, 0.4) is 0 Å². The maximum absolute atomic E-state index is 12.4. The number of fused-ring (bicyclic) bond motifs is 1. The van der Waals surface area contributed by atoms with Gasteiger partial charge in [0.1, 0.15) is 11.5 Å². The third-order valence-electron chi connectivity index (χ3n) is 3.50. The Labute approximate surface area is 155 Å². The van der Waals surface area contributed by atoms with Crippen LogP contribution in [0.5, 0.6) is 0 Å². The number of nitrogens with one attached hydrogen (secondary N) is 1. The molecule has 0 spiro atoms. The van der Waals surface area contributed by atoms with Crippen molar-refractivity contribution in [1.82, 2.24) is 14.8 Å². The summed E-state index contributed by atoms with van der Waals surface area (Å²) < 4.78 is 51.6. The summed E-state index contributed by atoms with van der Waals surface area (Å²) in [4.78, 5) is 4.13. The van der Waals surface area contributed by atoms with Gasteiger partial charge in [0.15, 0.2) is 0 Å². The number of hydrogen-bond donors (Lipinski definition) is 2. The van der Waals surface area contributed by atoms with Gasteiger partial charge < -0.3 is 5.73 Å². The van der Waals surface area contributed by atoms with E-state index in [4.69, 9.17) is 5.73 Å². The molecule has 0 fully saturated rings. The first-order valence-electron chi connectivity index (χ1n) is 6.87. The smallest absolute Gasteiger partial charge is 0.355 e. The van der Waals surface area contributed by atoms with Crippen LogP contribution >= 0.6 is 22.6 Å². The Morgan fingerprint density at radius 3 is 2.52 bits per heavy atom. The predicted octanol–water partition coefficient (Wildman–Crippen LogP) is 2.79. The van der Waals surface area contributed by atoms with E-state index < -0.39 is 15.8 Å². The third kappa shape index (κ3) is 3.25. The van der Waals surface area contributed by atoms with Crippen molar-refractivity contribution in [3.8, 4) is 11.3 Å². The van der Waals surface area contributed by atoms with Gasteiger partial charge in [-0.05, 0) is 34.7 Å². The fourth-order valence-corrected chi connectivity index (χ4v) is 3.71. The van der Waals surface area contributed by atoms with Gasteiger partial charge in [0, 0.05) is 24.5 Å². The van der Waals surface area contributed by atoms with Crippen molar-refractivity contribution in [1.29, 1.82) is 0 Å². The molecule has 0 atom stereocenters. The van der Waals surface area contributed by atoms with Crippen LogP contribution < -0.4 is 10.5 Å². The van der Waals surface area contributed by atoms with Crippen molar-refractivity contribution < 1.29 is 17.2 Å². The lowest BCUT2D eigenvalue weighted by Gasteiger charge is -2.07. The minimum Gasteiger partial charge on any atom is -0.383 e. The second kappa shape index (κ2) is 6.37.